The molecule has 2 aromatic heterocycles. The van der Waals surface area contributed by atoms with Gasteiger partial charge in [-0.3, -0.25) is 9.48 Å². The number of amides is 1. The Kier molecular flexibility index (Phi) is 5.93. The molecule has 0 bridgehead atoms. The second kappa shape index (κ2) is 8.95. The number of aromatic nitrogens is 5. The minimum absolute atomic E-state index is 0.173. The summed E-state index contributed by atoms with van der Waals surface area (Å²) in [4.78, 5) is 17.0. The largest absolute Gasteiger partial charge is 0.345 e. The van der Waals surface area contributed by atoms with Crippen LogP contribution in [-0.4, -0.2) is 30.5 Å². The van der Waals surface area contributed by atoms with Crippen LogP contribution in [-0.2, 0) is 13.1 Å². The highest BCUT2D eigenvalue weighted by atomic mass is 16.2. The van der Waals surface area contributed by atoms with E-state index in [1.807, 2.05) is 66.3 Å². The normalized spacial score (nSPS) is 11.1. The van der Waals surface area contributed by atoms with E-state index in [9.17, 15) is 4.79 Å². The number of para-hydroxylation sites is 1. The third kappa shape index (κ3) is 4.71. The average Bonchev–Trinajstić information content (AvgIpc) is 3.42. The summed E-state index contributed by atoms with van der Waals surface area (Å²) < 4.78 is 3.62. The molecule has 0 aliphatic rings. The van der Waals surface area contributed by atoms with Crippen LogP contribution in [0.4, 0.5) is 0 Å². The zero-order valence-electron chi connectivity index (χ0n) is 18.0. The quantitative estimate of drug-likeness (QED) is 0.498. The Morgan fingerprint density at radius 2 is 1.77 bits per heavy atom. The summed E-state index contributed by atoms with van der Waals surface area (Å²) >= 11 is 0. The fourth-order valence-corrected chi connectivity index (χ4v) is 3.49. The molecule has 31 heavy (non-hydrogen) atoms. The zero-order valence-corrected chi connectivity index (χ0v) is 18.0. The van der Waals surface area contributed by atoms with Crippen molar-refractivity contribution in [2.24, 2.45) is 0 Å². The Morgan fingerprint density at radius 1 is 1.03 bits per heavy atom. The van der Waals surface area contributed by atoms with E-state index >= 15 is 0 Å². The van der Waals surface area contributed by atoms with Gasteiger partial charge in [0.1, 0.15) is 5.82 Å². The molecule has 0 fully saturated rings. The first-order chi connectivity index (χ1) is 15.0. The molecule has 0 saturated carbocycles. The van der Waals surface area contributed by atoms with E-state index in [1.165, 1.54) is 0 Å². The molecule has 0 atom stereocenters. The molecule has 158 valence electrons. The third-order valence-corrected chi connectivity index (χ3v) is 5.14. The summed E-state index contributed by atoms with van der Waals surface area (Å²) in [6.45, 7) is 7.27. The van der Waals surface area contributed by atoms with Crippen molar-refractivity contribution >= 4 is 5.91 Å². The molecule has 2 heterocycles. The summed E-state index contributed by atoms with van der Waals surface area (Å²) in [5.41, 5.74) is 4.28. The van der Waals surface area contributed by atoms with Crippen molar-refractivity contribution in [1.82, 2.24) is 29.9 Å². The number of carbonyl (C=O) groups excluding carboxylic acids is 1. The molecule has 0 radical (unpaired) electrons. The van der Waals surface area contributed by atoms with Crippen molar-refractivity contribution in [1.29, 1.82) is 0 Å². The highest BCUT2D eigenvalue weighted by molar-refractivity contribution is 5.90. The van der Waals surface area contributed by atoms with Crippen LogP contribution in [0.2, 0.25) is 0 Å². The maximum Gasteiger partial charge on any atom is 0.291 e. The van der Waals surface area contributed by atoms with Gasteiger partial charge in [-0.1, -0.05) is 56.3 Å². The van der Waals surface area contributed by atoms with Crippen molar-refractivity contribution in [3.63, 3.8) is 0 Å². The van der Waals surface area contributed by atoms with Crippen molar-refractivity contribution < 1.29 is 4.79 Å². The molecule has 0 saturated heterocycles. The Labute approximate surface area is 181 Å². The molecule has 0 unspecified atom stereocenters. The molecule has 4 aromatic rings. The Hall–Kier alpha value is -3.74. The van der Waals surface area contributed by atoms with Crippen LogP contribution in [0.1, 0.15) is 52.9 Å². The first-order valence-corrected chi connectivity index (χ1v) is 10.4. The fourth-order valence-electron chi connectivity index (χ4n) is 3.49. The molecular weight excluding hydrogens is 388 g/mol. The predicted octanol–water partition coefficient (Wildman–Crippen LogP) is 3.87. The van der Waals surface area contributed by atoms with Crippen LogP contribution >= 0.6 is 0 Å². The Balaban J connectivity index is 1.42. The van der Waals surface area contributed by atoms with Crippen LogP contribution in [0.5, 0.6) is 0 Å². The van der Waals surface area contributed by atoms with Gasteiger partial charge in [0.2, 0.25) is 5.82 Å². The summed E-state index contributed by atoms with van der Waals surface area (Å²) in [6.07, 6.45) is 3.70. The summed E-state index contributed by atoms with van der Waals surface area (Å²) in [5, 5.41) is 11.6. The molecule has 0 aliphatic carbocycles. The number of benzene rings is 2. The monoisotopic (exact) mass is 414 g/mol. The lowest BCUT2D eigenvalue weighted by Crippen LogP contribution is -2.24. The zero-order chi connectivity index (χ0) is 21.8. The minimum Gasteiger partial charge on any atom is -0.345 e. The number of aryl methyl sites for hydroxylation is 1. The molecule has 1 amide bonds. The number of nitrogens with zero attached hydrogens (tertiary/aromatic N) is 5. The second-order valence-corrected chi connectivity index (χ2v) is 7.81. The Bertz CT molecular complexity index is 1160. The number of hydrogen-bond acceptors (Lipinski definition) is 4. The van der Waals surface area contributed by atoms with Gasteiger partial charge in [-0.05, 0) is 41.7 Å². The maximum absolute atomic E-state index is 12.7. The van der Waals surface area contributed by atoms with E-state index in [-0.39, 0.29) is 11.7 Å². The van der Waals surface area contributed by atoms with Crippen LogP contribution in [0, 0.1) is 6.92 Å². The van der Waals surface area contributed by atoms with Gasteiger partial charge < -0.3 is 5.32 Å². The number of nitrogens with one attached hydrogen (secondary N) is 1. The number of hydrogen-bond donors (Lipinski definition) is 1. The van der Waals surface area contributed by atoms with E-state index < -0.39 is 0 Å². The third-order valence-electron chi connectivity index (χ3n) is 5.14. The van der Waals surface area contributed by atoms with Crippen molar-refractivity contribution in [3.8, 4) is 5.69 Å². The van der Waals surface area contributed by atoms with E-state index in [2.05, 4.69) is 40.4 Å². The first-order valence-electron chi connectivity index (χ1n) is 10.4. The van der Waals surface area contributed by atoms with Gasteiger partial charge in [-0.25, -0.2) is 9.67 Å². The van der Waals surface area contributed by atoms with E-state index in [0.29, 0.717) is 18.3 Å². The topological polar surface area (TPSA) is 77.6 Å². The standard InChI is InChI=1S/C24H26N6O/c1-17(2)21-7-4-5-8-22(21)30-18(3)27-23(28-30)24(31)25-15-19-9-11-20(12-10-19)16-29-14-6-13-26-29/h4-14,17H,15-16H2,1-3H3,(H,25,31). The number of carbonyl (C=O) groups is 1. The Morgan fingerprint density at radius 3 is 2.48 bits per heavy atom. The smallest absolute Gasteiger partial charge is 0.291 e. The van der Waals surface area contributed by atoms with Crippen LogP contribution in [0.3, 0.4) is 0 Å². The van der Waals surface area contributed by atoms with Gasteiger partial charge in [0.25, 0.3) is 5.91 Å². The minimum atomic E-state index is -0.288. The molecule has 0 aliphatic heterocycles. The highest BCUT2D eigenvalue weighted by Gasteiger charge is 2.17. The van der Waals surface area contributed by atoms with Crippen molar-refractivity contribution in [2.75, 3.05) is 0 Å². The summed E-state index contributed by atoms with van der Waals surface area (Å²) in [6, 6.07) is 18.1. The highest BCUT2D eigenvalue weighted by Crippen LogP contribution is 2.23. The summed E-state index contributed by atoms with van der Waals surface area (Å²) in [7, 11) is 0. The average molecular weight is 415 g/mol. The fraction of sp³-hybridized carbons (Fsp3) is 0.250. The molecule has 4 rings (SSSR count). The van der Waals surface area contributed by atoms with Crippen LogP contribution in [0.25, 0.3) is 5.69 Å². The van der Waals surface area contributed by atoms with E-state index in [1.54, 1.807) is 10.9 Å². The van der Waals surface area contributed by atoms with E-state index in [4.69, 9.17) is 0 Å². The van der Waals surface area contributed by atoms with Gasteiger partial charge in [-0.15, -0.1) is 5.10 Å². The van der Waals surface area contributed by atoms with Gasteiger partial charge >= 0.3 is 0 Å². The summed E-state index contributed by atoms with van der Waals surface area (Å²) in [5.74, 6) is 0.908. The van der Waals surface area contributed by atoms with Crippen LogP contribution in [0.15, 0.2) is 67.0 Å². The molecule has 0 spiro atoms. The lowest BCUT2D eigenvalue weighted by atomic mass is 10.0. The lowest BCUT2D eigenvalue weighted by molar-refractivity contribution is 0.0940. The second-order valence-electron chi connectivity index (χ2n) is 7.81. The first kappa shape index (κ1) is 20.5. The molecule has 1 N–H and O–H groups in total. The number of rotatable bonds is 7. The predicted molar refractivity (Wildman–Crippen MR) is 119 cm³/mol. The molecular formula is C24H26N6O. The molecule has 7 nitrogen and oxygen atoms in total. The lowest BCUT2D eigenvalue weighted by Gasteiger charge is -2.12. The van der Waals surface area contributed by atoms with Crippen molar-refractivity contribution in [3.05, 3.63) is 95.3 Å². The van der Waals surface area contributed by atoms with Crippen LogP contribution < -0.4 is 5.32 Å². The van der Waals surface area contributed by atoms with Gasteiger partial charge in [-0.2, -0.15) is 5.10 Å². The van der Waals surface area contributed by atoms with Gasteiger partial charge in [0.15, 0.2) is 0 Å². The maximum atomic E-state index is 12.7. The van der Waals surface area contributed by atoms with Crippen molar-refractivity contribution in [2.45, 2.75) is 39.8 Å². The SMILES string of the molecule is Cc1nc(C(=O)NCc2ccc(Cn3cccn3)cc2)nn1-c1ccccc1C(C)C. The van der Waals surface area contributed by atoms with E-state index in [0.717, 1.165) is 28.9 Å². The van der Waals surface area contributed by atoms with Gasteiger partial charge in [0, 0.05) is 18.9 Å². The molecule has 2 aromatic carbocycles. The van der Waals surface area contributed by atoms with Gasteiger partial charge in [0.05, 0.1) is 12.2 Å². The molecule has 7 heteroatoms.